The summed E-state index contributed by atoms with van der Waals surface area (Å²) >= 11 is 0. The summed E-state index contributed by atoms with van der Waals surface area (Å²) in [6, 6.07) is 7.09. The zero-order valence-electron chi connectivity index (χ0n) is 12.4. The number of likely N-dealkylation sites (N-methyl/N-ethyl adjacent to an activating group) is 1. The molecule has 1 aromatic rings. The number of nitrogens with zero attached hydrogens (tertiary/aromatic N) is 2. The molecular formula is C14H23N3O3S. The molecule has 2 N–H and O–H groups in total. The summed E-state index contributed by atoms with van der Waals surface area (Å²) in [4.78, 5) is 2.15. The lowest BCUT2D eigenvalue weighted by Crippen LogP contribution is -2.37. The third-order valence-electron chi connectivity index (χ3n) is 3.59. The van der Waals surface area contributed by atoms with Gasteiger partial charge in [0.25, 0.3) is 0 Å². The van der Waals surface area contributed by atoms with E-state index >= 15 is 0 Å². The average molecular weight is 313 g/mol. The van der Waals surface area contributed by atoms with Crippen LogP contribution in [0, 0.1) is 0 Å². The van der Waals surface area contributed by atoms with Gasteiger partial charge in [0.15, 0.2) is 0 Å². The van der Waals surface area contributed by atoms with Gasteiger partial charge in [0.2, 0.25) is 10.0 Å². The summed E-state index contributed by atoms with van der Waals surface area (Å²) in [5.41, 5.74) is 6.28. The highest BCUT2D eigenvalue weighted by atomic mass is 32.2. The Morgan fingerprint density at radius 1 is 1.19 bits per heavy atom. The minimum absolute atomic E-state index is 0.0228. The molecule has 1 aliphatic rings. The third kappa shape index (κ3) is 4.59. The van der Waals surface area contributed by atoms with E-state index in [1.54, 1.807) is 16.4 Å². The molecule has 1 fully saturated rings. The normalized spacial score (nSPS) is 18.3. The van der Waals surface area contributed by atoms with Crippen LogP contribution in [0.15, 0.2) is 24.3 Å². The summed E-state index contributed by atoms with van der Waals surface area (Å²) in [6.45, 7) is 2.95. The number of rotatable bonds is 5. The van der Waals surface area contributed by atoms with Crippen molar-refractivity contribution in [1.82, 2.24) is 9.21 Å². The maximum Gasteiger partial charge on any atom is 0.217 e. The molecule has 1 heterocycles. The summed E-state index contributed by atoms with van der Waals surface area (Å²) in [7, 11) is -1.26. The lowest BCUT2D eigenvalue weighted by atomic mass is 10.3. The fourth-order valence-electron chi connectivity index (χ4n) is 2.30. The molecule has 0 bridgehead atoms. The predicted octanol–water partition coefficient (Wildman–Crippen LogP) is 0.615. The second-order valence-corrected chi connectivity index (χ2v) is 7.35. The Kier molecular flexibility index (Phi) is 5.44. The van der Waals surface area contributed by atoms with Gasteiger partial charge in [-0.25, -0.2) is 12.7 Å². The van der Waals surface area contributed by atoms with E-state index in [0.29, 0.717) is 24.5 Å². The number of anilines is 1. The number of nitrogen functional groups attached to an aromatic ring is 1. The number of nitrogens with two attached hydrogens (primary N) is 1. The first kappa shape index (κ1) is 16.1. The van der Waals surface area contributed by atoms with Crippen LogP contribution in [0.5, 0.6) is 5.75 Å². The molecule has 0 amide bonds. The molecule has 1 aromatic carbocycles. The van der Waals surface area contributed by atoms with Crippen LogP contribution in [0.1, 0.15) is 6.42 Å². The number of benzene rings is 1. The van der Waals surface area contributed by atoms with E-state index in [1.165, 1.54) is 0 Å². The first-order valence-electron chi connectivity index (χ1n) is 7.13. The van der Waals surface area contributed by atoms with Crippen LogP contribution in [-0.4, -0.2) is 63.2 Å². The lowest BCUT2D eigenvalue weighted by molar-refractivity contribution is 0.332. The van der Waals surface area contributed by atoms with Crippen molar-refractivity contribution in [2.45, 2.75) is 6.42 Å². The minimum Gasteiger partial charge on any atom is -0.490 e. The van der Waals surface area contributed by atoms with Gasteiger partial charge in [0, 0.05) is 19.6 Å². The molecule has 2 rings (SSSR count). The van der Waals surface area contributed by atoms with Crippen molar-refractivity contribution in [1.29, 1.82) is 0 Å². The quantitative estimate of drug-likeness (QED) is 0.806. The maximum absolute atomic E-state index is 12.3. The van der Waals surface area contributed by atoms with Crippen LogP contribution >= 0.6 is 0 Å². The molecule has 7 heteroatoms. The number of ether oxygens (including phenoxy) is 1. The molecule has 0 aliphatic carbocycles. The summed E-state index contributed by atoms with van der Waals surface area (Å²) in [5.74, 6) is 0.508. The Hall–Kier alpha value is -1.31. The van der Waals surface area contributed by atoms with Crippen molar-refractivity contribution in [3.63, 3.8) is 0 Å². The number of hydrogen-bond donors (Lipinski definition) is 1. The SMILES string of the molecule is CN1CCCN(S(=O)(=O)CCOc2ccccc2N)CC1. The summed E-state index contributed by atoms with van der Waals surface area (Å²) in [6.07, 6.45) is 0.863. The van der Waals surface area contributed by atoms with E-state index in [2.05, 4.69) is 4.90 Å². The van der Waals surface area contributed by atoms with Crippen LogP contribution in [0.25, 0.3) is 0 Å². The molecule has 0 spiro atoms. The van der Waals surface area contributed by atoms with E-state index < -0.39 is 10.0 Å². The first-order chi connectivity index (χ1) is 9.99. The highest BCUT2D eigenvalue weighted by Crippen LogP contribution is 2.19. The molecular weight excluding hydrogens is 290 g/mol. The van der Waals surface area contributed by atoms with E-state index in [-0.39, 0.29) is 12.4 Å². The molecule has 118 valence electrons. The van der Waals surface area contributed by atoms with Crippen LogP contribution in [0.4, 0.5) is 5.69 Å². The predicted molar refractivity (Wildman–Crippen MR) is 83.8 cm³/mol. The van der Waals surface area contributed by atoms with E-state index in [1.807, 2.05) is 19.2 Å². The number of hydrogen-bond acceptors (Lipinski definition) is 5. The van der Waals surface area contributed by atoms with Gasteiger partial charge < -0.3 is 15.4 Å². The van der Waals surface area contributed by atoms with E-state index in [4.69, 9.17) is 10.5 Å². The maximum atomic E-state index is 12.3. The van der Waals surface area contributed by atoms with Gasteiger partial charge in [-0.2, -0.15) is 0 Å². The monoisotopic (exact) mass is 313 g/mol. The largest absolute Gasteiger partial charge is 0.490 e. The van der Waals surface area contributed by atoms with Gasteiger partial charge in [-0.3, -0.25) is 0 Å². The lowest BCUT2D eigenvalue weighted by Gasteiger charge is -2.20. The minimum atomic E-state index is -3.27. The molecule has 1 aliphatic heterocycles. The molecule has 0 unspecified atom stereocenters. The summed E-state index contributed by atoms with van der Waals surface area (Å²) < 4.78 is 31.7. The van der Waals surface area contributed by atoms with E-state index in [0.717, 1.165) is 19.5 Å². The van der Waals surface area contributed by atoms with Gasteiger partial charge >= 0.3 is 0 Å². The van der Waals surface area contributed by atoms with Crippen molar-refractivity contribution in [2.75, 3.05) is 51.3 Å². The van der Waals surface area contributed by atoms with Crippen LogP contribution < -0.4 is 10.5 Å². The van der Waals surface area contributed by atoms with Crippen LogP contribution in [0.3, 0.4) is 0 Å². The second kappa shape index (κ2) is 7.11. The molecule has 21 heavy (non-hydrogen) atoms. The topological polar surface area (TPSA) is 75.9 Å². The van der Waals surface area contributed by atoms with Crippen LogP contribution in [-0.2, 0) is 10.0 Å². The van der Waals surface area contributed by atoms with Gasteiger partial charge in [-0.15, -0.1) is 0 Å². The molecule has 1 saturated heterocycles. The van der Waals surface area contributed by atoms with Crippen molar-refractivity contribution >= 4 is 15.7 Å². The Labute approximate surface area is 126 Å². The molecule has 0 atom stereocenters. The second-order valence-electron chi connectivity index (χ2n) is 5.26. The van der Waals surface area contributed by atoms with Gasteiger partial charge in [0.1, 0.15) is 12.4 Å². The smallest absolute Gasteiger partial charge is 0.217 e. The first-order valence-corrected chi connectivity index (χ1v) is 8.73. The third-order valence-corrected chi connectivity index (χ3v) is 5.42. The van der Waals surface area contributed by atoms with Crippen molar-refractivity contribution < 1.29 is 13.2 Å². The fourth-order valence-corrected chi connectivity index (χ4v) is 3.62. The van der Waals surface area contributed by atoms with Gasteiger partial charge in [-0.05, 0) is 32.1 Å². The number of para-hydroxylation sites is 2. The molecule has 0 aromatic heterocycles. The Bertz CT molecular complexity index is 562. The molecule has 0 saturated carbocycles. The van der Waals surface area contributed by atoms with Crippen LogP contribution in [0.2, 0.25) is 0 Å². The highest BCUT2D eigenvalue weighted by molar-refractivity contribution is 7.89. The zero-order valence-corrected chi connectivity index (χ0v) is 13.2. The van der Waals surface area contributed by atoms with Gasteiger partial charge in [0.05, 0.1) is 11.4 Å². The molecule has 6 nitrogen and oxygen atoms in total. The van der Waals surface area contributed by atoms with Crippen molar-refractivity contribution in [3.05, 3.63) is 24.3 Å². The summed E-state index contributed by atoms with van der Waals surface area (Å²) in [5, 5.41) is 0. The van der Waals surface area contributed by atoms with E-state index in [9.17, 15) is 8.42 Å². The Balaban J connectivity index is 1.88. The standard InChI is InChI=1S/C14H23N3O3S/c1-16-7-4-8-17(10-9-16)21(18,19)12-11-20-14-6-3-2-5-13(14)15/h2-3,5-6H,4,7-12,15H2,1H3. The Morgan fingerprint density at radius 2 is 1.95 bits per heavy atom. The zero-order chi connectivity index (χ0) is 15.3. The fraction of sp³-hybridized carbons (Fsp3) is 0.571. The average Bonchev–Trinajstić information content (AvgIpc) is 2.66. The molecule has 0 radical (unpaired) electrons. The van der Waals surface area contributed by atoms with Gasteiger partial charge in [-0.1, -0.05) is 12.1 Å². The Morgan fingerprint density at radius 3 is 2.71 bits per heavy atom. The van der Waals surface area contributed by atoms with Crippen molar-refractivity contribution in [3.8, 4) is 5.75 Å². The van der Waals surface area contributed by atoms with Crippen molar-refractivity contribution in [2.24, 2.45) is 0 Å². The highest BCUT2D eigenvalue weighted by Gasteiger charge is 2.24. The number of sulfonamides is 1.